The molecule has 0 N–H and O–H groups in total. The first-order valence-corrected chi connectivity index (χ1v) is 7.64. The van der Waals surface area contributed by atoms with Gasteiger partial charge in [-0.1, -0.05) is 72.8 Å². The molecule has 0 aliphatic rings. The minimum absolute atomic E-state index is 0.414. The number of benzene rings is 3. The summed E-state index contributed by atoms with van der Waals surface area (Å²) < 4.78 is 5.75. The number of ether oxygens (including phenoxy) is 1. The molecule has 0 atom stereocenters. The van der Waals surface area contributed by atoms with Crippen molar-refractivity contribution < 1.29 is 14.3 Å². The highest BCUT2D eigenvalue weighted by Gasteiger charge is 2.19. The van der Waals surface area contributed by atoms with E-state index in [-0.39, 0.29) is 0 Å². The fraction of sp³-hybridized carbons (Fsp3) is 0.0476. The lowest BCUT2D eigenvalue weighted by Crippen LogP contribution is -2.13. The molecule has 0 radical (unpaired) electrons. The zero-order valence-electron chi connectivity index (χ0n) is 13.0. The third-order valence-corrected chi connectivity index (χ3v) is 3.71. The van der Waals surface area contributed by atoms with Crippen molar-refractivity contribution in [3.63, 3.8) is 0 Å². The molecule has 0 aliphatic carbocycles. The van der Waals surface area contributed by atoms with Crippen molar-refractivity contribution in [3.05, 3.63) is 107 Å². The summed E-state index contributed by atoms with van der Waals surface area (Å²) in [5, 5.41) is 0. The molecule has 0 saturated heterocycles. The minimum Gasteiger partial charge on any atom is -0.449 e. The molecule has 3 nitrogen and oxygen atoms in total. The smallest absolute Gasteiger partial charge is 0.339 e. The van der Waals surface area contributed by atoms with Gasteiger partial charge in [-0.05, 0) is 23.3 Å². The van der Waals surface area contributed by atoms with Crippen LogP contribution in [0.25, 0.3) is 0 Å². The standard InChI is InChI=1S/C21H16O3/c22-15-16-11-13-19(14-12-16)21(23)24-20(17-7-3-1-4-8-17)18-9-5-2-6-10-18/h1-15,20H. The summed E-state index contributed by atoms with van der Waals surface area (Å²) in [6, 6.07) is 25.6. The topological polar surface area (TPSA) is 43.4 Å². The molecule has 0 fully saturated rings. The summed E-state index contributed by atoms with van der Waals surface area (Å²) in [5.74, 6) is -0.426. The SMILES string of the molecule is O=Cc1ccc(C(=O)OC(c2ccccc2)c2ccccc2)cc1. The molecule has 3 rings (SSSR count). The maximum absolute atomic E-state index is 12.5. The summed E-state index contributed by atoms with van der Waals surface area (Å²) in [6.07, 6.45) is 0.261. The molecule has 24 heavy (non-hydrogen) atoms. The van der Waals surface area contributed by atoms with Crippen LogP contribution >= 0.6 is 0 Å². The predicted molar refractivity (Wildman–Crippen MR) is 92.0 cm³/mol. The first-order chi connectivity index (χ1) is 11.8. The number of hydrogen-bond donors (Lipinski definition) is 0. The lowest BCUT2D eigenvalue weighted by atomic mass is 10.0. The van der Waals surface area contributed by atoms with Crippen LogP contribution in [-0.2, 0) is 4.74 Å². The van der Waals surface area contributed by atoms with Gasteiger partial charge in [0.1, 0.15) is 6.29 Å². The van der Waals surface area contributed by atoms with Gasteiger partial charge in [-0.15, -0.1) is 0 Å². The number of carbonyl (C=O) groups is 2. The Morgan fingerprint density at radius 1 is 0.750 bits per heavy atom. The van der Waals surface area contributed by atoms with Gasteiger partial charge in [0, 0.05) is 5.56 Å². The van der Waals surface area contributed by atoms with E-state index in [1.54, 1.807) is 24.3 Å². The summed E-state index contributed by atoms with van der Waals surface area (Å²) in [4.78, 5) is 23.2. The molecule has 0 amide bonds. The van der Waals surface area contributed by atoms with Crippen LogP contribution in [0.1, 0.15) is 37.9 Å². The highest BCUT2D eigenvalue weighted by Crippen LogP contribution is 2.27. The minimum atomic E-state index is -0.481. The highest BCUT2D eigenvalue weighted by molar-refractivity contribution is 5.90. The Bertz CT molecular complexity index is 769. The van der Waals surface area contributed by atoms with Crippen molar-refractivity contribution in [2.75, 3.05) is 0 Å². The Morgan fingerprint density at radius 3 is 1.71 bits per heavy atom. The number of hydrogen-bond acceptors (Lipinski definition) is 3. The Hall–Kier alpha value is -3.20. The van der Waals surface area contributed by atoms with E-state index in [0.29, 0.717) is 11.1 Å². The number of carbonyl (C=O) groups excluding carboxylic acids is 2. The van der Waals surface area contributed by atoms with Gasteiger partial charge in [0.25, 0.3) is 0 Å². The number of esters is 1. The normalized spacial score (nSPS) is 10.4. The average Bonchev–Trinajstić information content (AvgIpc) is 2.67. The maximum atomic E-state index is 12.5. The van der Waals surface area contributed by atoms with Crippen LogP contribution in [0.2, 0.25) is 0 Å². The molecule has 0 aliphatic heterocycles. The maximum Gasteiger partial charge on any atom is 0.339 e. The molecule has 0 bridgehead atoms. The quantitative estimate of drug-likeness (QED) is 0.516. The largest absolute Gasteiger partial charge is 0.449 e. The zero-order valence-corrected chi connectivity index (χ0v) is 13.0. The molecule has 118 valence electrons. The van der Waals surface area contributed by atoms with Crippen LogP contribution in [0.4, 0.5) is 0 Å². The van der Waals surface area contributed by atoms with E-state index in [0.717, 1.165) is 17.4 Å². The van der Waals surface area contributed by atoms with Crippen LogP contribution in [0.15, 0.2) is 84.9 Å². The Kier molecular flexibility index (Phi) is 4.82. The lowest BCUT2D eigenvalue weighted by molar-refractivity contribution is 0.0378. The second-order valence-electron chi connectivity index (χ2n) is 5.35. The summed E-state index contributed by atoms with van der Waals surface area (Å²) in [7, 11) is 0. The molecular weight excluding hydrogens is 300 g/mol. The van der Waals surface area contributed by atoms with Crippen molar-refractivity contribution in [2.24, 2.45) is 0 Å². The van der Waals surface area contributed by atoms with Gasteiger partial charge in [-0.3, -0.25) is 4.79 Å². The highest BCUT2D eigenvalue weighted by atomic mass is 16.5. The van der Waals surface area contributed by atoms with Crippen molar-refractivity contribution in [2.45, 2.75) is 6.10 Å². The monoisotopic (exact) mass is 316 g/mol. The van der Waals surface area contributed by atoms with Crippen molar-refractivity contribution in [1.29, 1.82) is 0 Å². The van der Waals surface area contributed by atoms with Crippen molar-refractivity contribution in [1.82, 2.24) is 0 Å². The molecule has 3 aromatic carbocycles. The van der Waals surface area contributed by atoms with Gasteiger partial charge in [0.2, 0.25) is 0 Å². The fourth-order valence-electron chi connectivity index (χ4n) is 2.46. The van der Waals surface area contributed by atoms with E-state index >= 15 is 0 Å². The van der Waals surface area contributed by atoms with E-state index < -0.39 is 12.1 Å². The summed E-state index contributed by atoms with van der Waals surface area (Å²) in [6.45, 7) is 0. The second-order valence-corrected chi connectivity index (χ2v) is 5.35. The molecule has 3 aromatic rings. The Balaban J connectivity index is 1.89. The summed E-state index contributed by atoms with van der Waals surface area (Å²) >= 11 is 0. The van der Waals surface area contributed by atoms with E-state index in [4.69, 9.17) is 4.74 Å². The molecule has 0 unspecified atom stereocenters. The van der Waals surface area contributed by atoms with Crippen LogP contribution in [0.3, 0.4) is 0 Å². The Labute approximate surface area is 140 Å². The van der Waals surface area contributed by atoms with Crippen LogP contribution in [0.5, 0.6) is 0 Å². The van der Waals surface area contributed by atoms with Gasteiger partial charge < -0.3 is 4.74 Å². The van der Waals surface area contributed by atoms with Gasteiger partial charge in [0.15, 0.2) is 6.10 Å². The number of aldehydes is 1. The van der Waals surface area contributed by atoms with E-state index in [9.17, 15) is 9.59 Å². The van der Waals surface area contributed by atoms with Crippen LogP contribution in [-0.4, -0.2) is 12.3 Å². The lowest BCUT2D eigenvalue weighted by Gasteiger charge is -2.19. The molecule has 0 aromatic heterocycles. The Morgan fingerprint density at radius 2 is 1.25 bits per heavy atom. The van der Waals surface area contributed by atoms with Crippen molar-refractivity contribution >= 4 is 12.3 Å². The van der Waals surface area contributed by atoms with Gasteiger partial charge in [0.05, 0.1) is 5.56 Å². The molecule has 0 saturated carbocycles. The van der Waals surface area contributed by atoms with Gasteiger partial charge in [-0.25, -0.2) is 4.79 Å². The van der Waals surface area contributed by atoms with E-state index in [1.807, 2.05) is 60.7 Å². The fourth-order valence-corrected chi connectivity index (χ4v) is 2.46. The third-order valence-electron chi connectivity index (χ3n) is 3.71. The predicted octanol–water partition coefficient (Wildman–Crippen LogP) is 4.45. The molecule has 0 heterocycles. The molecular formula is C21H16O3. The van der Waals surface area contributed by atoms with Crippen molar-refractivity contribution in [3.8, 4) is 0 Å². The van der Waals surface area contributed by atoms with E-state index in [1.165, 1.54) is 0 Å². The number of rotatable bonds is 5. The molecule has 0 spiro atoms. The summed E-state index contributed by atoms with van der Waals surface area (Å²) in [5.41, 5.74) is 2.75. The zero-order chi connectivity index (χ0) is 16.8. The third kappa shape index (κ3) is 3.58. The van der Waals surface area contributed by atoms with E-state index in [2.05, 4.69) is 0 Å². The van der Waals surface area contributed by atoms with Gasteiger partial charge in [-0.2, -0.15) is 0 Å². The molecule has 3 heteroatoms. The van der Waals surface area contributed by atoms with Crippen LogP contribution in [0, 0.1) is 0 Å². The average molecular weight is 316 g/mol. The van der Waals surface area contributed by atoms with Crippen LogP contribution < -0.4 is 0 Å². The first-order valence-electron chi connectivity index (χ1n) is 7.64. The first kappa shape index (κ1) is 15.7. The van der Waals surface area contributed by atoms with Gasteiger partial charge >= 0.3 is 5.97 Å². The second kappa shape index (κ2) is 7.38.